The maximum atomic E-state index is 10.9. The third-order valence-electron chi connectivity index (χ3n) is 1.64. The molecule has 0 aliphatic heterocycles. The van der Waals surface area contributed by atoms with Crippen LogP contribution in [0.3, 0.4) is 0 Å². The van der Waals surface area contributed by atoms with Crippen LogP contribution in [0.5, 0.6) is 5.75 Å². The van der Waals surface area contributed by atoms with E-state index in [1.165, 1.54) is 17.8 Å². The van der Waals surface area contributed by atoms with Gasteiger partial charge in [-0.1, -0.05) is 6.07 Å². The molecule has 0 spiro atoms. The van der Waals surface area contributed by atoms with Gasteiger partial charge in [-0.2, -0.15) is 0 Å². The van der Waals surface area contributed by atoms with Gasteiger partial charge in [0, 0.05) is 21.1 Å². The first-order valence-electron chi connectivity index (χ1n) is 3.71. The smallest absolute Gasteiger partial charge is 0.236 e. The van der Waals surface area contributed by atoms with Crippen LogP contribution >= 0.6 is 22.4 Å². The summed E-state index contributed by atoms with van der Waals surface area (Å²) in [6.45, 7) is 0. The van der Waals surface area contributed by atoms with Gasteiger partial charge in [-0.15, -0.1) is 11.8 Å². The summed E-state index contributed by atoms with van der Waals surface area (Å²) in [5.74, 6) is -0.390. The van der Waals surface area contributed by atoms with E-state index in [0.717, 1.165) is 0 Å². The zero-order chi connectivity index (χ0) is 10.8. The first-order chi connectivity index (χ1) is 6.44. The van der Waals surface area contributed by atoms with Gasteiger partial charge in [0.05, 0.1) is 5.75 Å². The molecule has 0 saturated heterocycles. The van der Waals surface area contributed by atoms with Crippen LogP contribution in [-0.4, -0.2) is 19.8 Å². The number of hydrogen-bond donors (Lipinski definition) is 1. The molecule has 14 heavy (non-hydrogen) atoms. The Hall–Kier alpha value is -0.390. The van der Waals surface area contributed by atoms with Gasteiger partial charge in [-0.25, -0.2) is 8.42 Å². The summed E-state index contributed by atoms with van der Waals surface area (Å²) >= 11 is 1.37. The first kappa shape index (κ1) is 11.7. The van der Waals surface area contributed by atoms with Crippen molar-refractivity contribution in [3.05, 3.63) is 23.8 Å². The second-order valence-corrected chi connectivity index (χ2v) is 6.27. The lowest BCUT2D eigenvalue weighted by atomic mass is 10.2. The summed E-state index contributed by atoms with van der Waals surface area (Å²) in [6, 6.07) is 4.84. The lowest BCUT2D eigenvalue weighted by Crippen LogP contribution is -1.97. The maximum Gasteiger partial charge on any atom is 0.236 e. The van der Waals surface area contributed by atoms with Crippen LogP contribution in [0.2, 0.25) is 0 Å². The van der Waals surface area contributed by atoms with Crippen molar-refractivity contribution >= 4 is 31.5 Å². The third kappa shape index (κ3) is 3.08. The normalized spacial score (nSPS) is 11.6. The minimum absolute atomic E-state index is 0.0407. The van der Waals surface area contributed by atoms with E-state index in [4.69, 9.17) is 10.7 Å². The molecule has 0 amide bonds. The van der Waals surface area contributed by atoms with E-state index in [-0.39, 0.29) is 11.5 Å². The van der Waals surface area contributed by atoms with E-state index in [0.29, 0.717) is 10.5 Å². The van der Waals surface area contributed by atoms with Crippen LogP contribution in [0, 0.1) is 0 Å². The van der Waals surface area contributed by atoms with E-state index in [9.17, 15) is 13.5 Å². The lowest BCUT2D eigenvalue weighted by molar-refractivity contribution is 0.468. The number of phenols is 1. The number of halogens is 1. The van der Waals surface area contributed by atoms with E-state index >= 15 is 0 Å². The van der Waals surface area contributed by atoms with Crippen LogP contribution in [0.25, 0.3) is 0 Å². The molecule has 0 bridgehead atoms. The van der Waals surface area contributed by atoms with Gasteiger partial charge in [0.25, 0.3) is 0 Å². The fraction of sp³-hybridized carbons (Fsp3) is 0.250. The van der Waals surface area contributed by atoms with Crippen LogP contribution in [0.1, 0.15) is 5.56 Å². The number of benzene rings is 1. The molecular formula is C8H9ClO3S2. The fourth-order valence-corrected chi connectivity index (χ4v) is 2.77. The molecular weight excluding hydrogens is 244 g/mol. The van der Waals surface area contributed by atoms with Crippen LogP contribution in [-0.2, 0) is 14.8 Å². The quantitative estimate of drug-likeness (QED) is 0.662. The Morgan fingerprint density at radius 1 is 1.50 bits per heavy atom. The summed E-state index contributed by atoms with van der Waals surface area (Å²) < 4.78 is 21.7. The highest BCUT2D eigenvalue weighted by Gasteiger charge is 2.14. The summed E-state index contributed by atoms with van der Waals surface area (Å²) in [6.07, 6.45) is 1.80. The molecule has 78 valence electrons. The average Bonchev–Trinajstić information content (AvgIpc) is 2.06. The van der Waals surface area contributed by atoms with E-state index in [1.54, 1.807) is 18.4 Å². The molecule has 1 N–H and O–H groups in total. The topological polar surface area (TPSA) is 54.4 Å². The van der Waals surface area contributed by atoms with Crippen molar-refractivity contribution in [2.75, 3.05) is 6.26 Å². The summed E-state index contributed by atoms with van der Waals surface area (Å²) in [7, 11) is 1.49. The maximum absolute atomic E-state index is 10.9. The second kappa shape index (κ2) is 4.42. The Labute approximate surface area is 91.5 Å². The molecule has 6 heteroatoms. The number of rotatable bonds is 3. The molecule has 0 heterocycles. The van der Waals surface area contributed by atoms with Crippen LogP contribution < -0.4 is 0 Å². The predicted molar refractivity (Wildman–Crippen MR) is 58.4 cm³/mol. The minimum atomic E-state index is -3.63. The number of phenolic OH excluding ortho intramolecular Hbond substituents is 1. The van der Waals surface area contributed by atoms with Crippen molar-refractivity contribution in [3.8, 4) is 5.75 Å². The number of hydrogen-bond acceptors (Lipinski definition) is 4. The largest absolute Gasteiger partial charge is 0.508 e. The van der Waals surface area contributed by atoms with Crippen molar-refractivity contribution in [1.29, 1.82) is 0 Å². The standard InChI is InChI=1S/C8H9ClO3S2/c1-13-8-4-2-3-7(10)6(8)5-14(9,11)12/h2-4,10H,5H2,1H3. The summed E-state index contributed by atoms with van der Waals surface area (Å²) in [5, 5.41) is 9.45. The SMILES string of the molecule is CSc1cccc(O)c1CS(=O)(=O)Cl. The zero-order valence-corrected chi connectivity index (χ0v) is 9.79. The van der Waals surface area contributed by atoms with Gasteiger partial charge in [-0.3, -0.25) is 0 Å². The molecule has 0 unspecified atom stereocenters. The summed E-state index contributed by atoms with van der Waals surface area (Å²) in [5.41, 5.74) is 0.356. The van der Waals surface area contributed by atoms with Crippen LogP contribution in [0.4, 0.5) is 0 Å². The molecule has 0 aliphatic carbocycles. The molecule has 1 aromatic rings. The third-order valence-corrected chi connectivity index (χ3v) is 3.43. The number of thioether (sulfide) groups is 1. The van der Waals surface area contributed by atoms with Crippen molar-refractivity contribution < 1.29 is 13.5 Å². The van der Waals surface area contributed by atoms with Gasteiger partial charge in [0.15, 0.2) is 0 Å². The second-order valence-electron chi connectivity index (χ2n) is 2.64. The van der Waals surface area contributed by atoms with Crippen molar-refractivity contribution in [2.45, 2.75) is 10.6 Å². The molecule has 0 saturated carbocycles. The van der Waals surface area contributed by atoms with E-state index < -0.39 is 9.05 Å². The summed E-state index contributed by atoms with van der Waals surface area (Å²) in [4.78, 5) is 0.717. The van der Waals surface area contributed by atoms with Gasteiger partial charge >= 0.3 is 0 Å². The van der Waals surface area contributed by atoms with Crippen molar-refractivity contribution in [3.63, 3.8) is 0 Å². The highest BCUT2D eigenvalue weighted by Crippen LogP contribution is 2.30. The zero-order valence-electron chi connectivity index (χ0n) is 7.40. The molecule has 0 aliphatic rings. The average molecular weight is 253 g/mol. The lowest BCUT2D eigenvalue weighted by Gasteiger charge is -2.07. The molecule has 0 radical (unpaired) electrons. The molecule has 0 fully saturated rings. The minimum Gasteiger partial charge on any atom is -0.508 e. The fourth-order valence-electron chi connectivity index (χ4n) is 1.06. The Morgan fingerprint density at radius 2 is 2.14 bits per heavy atom. The molecule has 0 aromatic heterocycles. The Balaban J connectivity index is 3.18. The number of aromatic hydroxyl groups is 1. The highest BCUT2D eigenvalue weighted by molar-refractivity contribution is 8.13. The van der Waals surface area contributed by atoms with Gasteiger partial charge in [0.2, 0.25) is 9.05 Å². The van der Waals surface area contributed by atoms with E-state index in [1.807, 2.05) is 0 Å². The Kier molecular flexibility index (Phi) is 3.69. The molecule has 1 aromatic carbocycles. The van der Waals surface area contributed by atoms with Crippen LogP contribution in [0.15, 0.2) is 23.1 Å². The highest BCUT2D eigenvalue weighted by atomic mass is 35.7. The van der Waals surface area contributed by atoms with Crippen molar-refractivity contribution in [1.82, 2.24) is 0 Å². The Morgan fingerprint density at radius 3 is 2.64 bits per heavy atom. The van der Waals surface area contributed by atoms with Gasteiger partial charge in [-0.05, 0) is 18.4 Å². The Bertz CT molecular complexity index is 428. The first-order valence-corrected chi connectivity index (χ1v) is 7.41. The monoisotopic (exact) mass is 252 g/mol. The van der Waals surface area contributed by atoms with Gasteiger partial charge < -0.3 is 5.11 Å². The van der Waals surface area contributed by atoms with E-state index in [2.05, 4.69) is 0 Å². The molecule has 0 atom stereocenters. The predicted octanol–water partition coefficient (Wildman–Crippen LogP) is 2.18. The molecule has 3 nitrogen and oxygen atoms in total. The van der Waals surface area contributed by atoms with Gasteiger partial charge in [0.1, 0.15) is 5.75 Å². The van der Waals surface area contributed by atoms with Crippen molar-refractivity contribution in [2.24, 2.45) is 0 Å². The molecule has 1 rings (SSSR count).